The Morgan fingerprint density at radius 1 is 1.79 bits per heavy atom. The van der Waals surface area contributed by atoms with E-state index in [1.807, 2.05) is 0 Å². The fourth-order valence-corrected chi connectivity index (χ4v) is 1.29. The summed E-state index contributed by atoms with van der Waals surface area (Å²) in [6, 6.07) is 0.282. The molecule has 76 valence electrons. The van der Waals surface area contributed by atoms with Crippen molar-refractivity contribution in [1.29, 1.82) is 0 Å². The van der Waals surface area contributed by atoms with E-state index < -0.39 is 17.8 Å². The van der Waals surface area contributed by atoms with Crippen molar-refractivity contribution < 1.29 is 14.3 Å². The highest BCUT2D eigenvalue weighted by molar-refractivity contribution is 9.10. The lowest BCUT2D eigenvalue weighted by Crippen LogP contribution is -2.17. The number of carboxylic acids is 1. The van der Waals surface area contributed by atoms with Crippen LogP contribution in [0.3, 0.4) is 0 Å². The van der Waals surface area contributed by atoms with Crippen molar-refractivity contribution in [3.05, 3.63) is 28.2 Å². The predicted molar refractivity (Wildman–Crippen MR) is 51.1 cm³/mol. The summed E-state index contributed by atoms with van der Waals surface area (Å²) < 4.78 is 13.7. The second-order valence-electron chi connectivity index (χ2n) is 2.72. The van der Waals surface area contributed by atoms with Gasteiger partial charge in [0.1, 0.15) is 5.82 Å². The van der Waals surface area contributed by atoms with Gasteiger partial charge in [0.25, 0.3) is 0 Å². The molecule has 1 atom stereocenters. The SMILES string of the molecule is N[C@H](CC(=O)O)c1ncc(Br)cc1F. The predicted octanol–water partition coefficient (Wildman–Crippen LogP) is 1.46. The van der Waals surface area contributed by atoms with Crippen LogP contribution < -0.4 is 5.73 Å². The van der Waals surface area contributed by atoms with Crippen LogP contribution in [0.15, 0.2) is 16.7 Å². The number of carbonyl (C=O) groups is 1. The van der Waals surface area contributed by atoms with E-state index in [0.717, 1.165) is 0 Å². The van der Waals surface area contributed by atoms with Gasteiger partial charge in [-0.15, -0.1) is 0 Å². The normalized spacial score (nSPS) is 12.5. The molecule has 0 aliphatic rings. The molecule has 0 saturated carbocycles. The van der Waals surface area contributed by atoms with Gasteiger partial charge < -0.3 is 10.8 Å². The van der Waals surface area contributed by atoms with Crippen molar-refractivity contribution in [1.82, 2.24) is 4.98 Å². The molecule has 0 amide bonds. The van der Waals surface area contributed by atoms with Crippen LogP contribution >= 0.6 is 15.9 Å². The summed E-state index contributed by atoms with van der Waals surface area (Å²) in [4.78, 5) is 14.0. The van der Waals surface area contributed by atoms with Crippen LogP contribution in [-0.2, 0) is 4.79 Å². The van der Waals surface area contributed by atoms with Gasteiger partial charge in [-0.25, -0.2) is 4.39 Å². The van der Waals surface area contributed by atoms with Gasteiger partial charge in [-0.3, -0.25) is 9.78 Å². The molecule has 3 N–H and O–H groups in total. The molecule has 1 rings (SSSR count). The third kappa shape index (κ3) is 2.74. The second-order valence-corrected chi connectivity index (χ2v) is 3.64. The first kappa shape index (κ1) is 11.1. The summed E-state index contributed by atoms with van der Waals surface area (Å²) >= 11 is 3.04. The smallest absolute Gasteiger partial charge is 0.305 e. The van der Waals surface area contributed by atoms with Crippen molar-refractivity contribution in [2.75, 3.05) is 0 Å². The second kappa shape index (κ2) is 4.47. The third-order valence-corrected chi connectivity index (χ3v) is 2.02. The standard InChI is InChI=1S/C8H8BrFN2O2/c9-4-1-5(10)8(12-3-4)6(11)2-7(13)14/h1,3,6H,2,11H2,(H,13,14)/t6-/m1/s1. The average molecular weight is 263 g/mol. The Labute approximate surface area is 88.1 Å². The van der Waals surface area contributed by atoms with Crippen molar-refractivity contribution in [3.63, 3.8) is 0 Å². The summed E-state index contributed by atoms with van der Waals surface area (Å²) in [6.45, 7) is 0. The molecule has 6 heteroatoms. The lowest BCUT2D eigenvalue weighted by atomic mass is 10.1. The number of hydrogen-bond donors (Lipinski definition) is 2. The monoisotopic (exact) mass is 262 g/mol. The minimum atomic E-state index is -1.08. The number of nitrogens with zero attached hydrogens (tertiary/aromatic N) is 1. The van der Waals surface area contributed by atoms with Crippen molar-refractivity contribution in [3.8, 4) is 0 Å². The molecule has 0 aromatic carbocycles. The fourth-order valence-electron chi connectivity index (χ4n) is 0.983. The highest BCUT2D eigenvalue weighted by Gasteiger charge is 2.16. The maximum absolute atomic E-state index is 13.2. The van der Waals surface area contributed by atoms with Gasteiger partial charge in [-0.2, -0.15) is 0 Å². The molecule has 0 aliphatic carbocycles. The Morgan fingerprint density at radius 3 is 2.93 bits per heavy atom. The molecule has 0 saturated heterocycles. The molecule has 0 fully saturated rings. The minimum absolute atomic E-state index is 0.0319. The molecule has 0 radical (unpaired) electrons. The number of pyridine rings is 1. The van der Waals surface area contributed by atoms with Gasteiger partial charge in [0.2, 0.25) is 0 Å². The first-order valence-electron chi connectivity index (χ1n) is 3.79. The zero-order valence-corrected chi connectivity index (χ0v) is 8.66. The molecular weight excluding hydrogens is 255 g/mol. The van der Waals surface area contributed by atoms with E-state index in [0.29, 0.717) is 4.47 Å². The zero-order valence-electron chi connectivity index (χ0n) is 7.08. The number of rotatable bonds is 3. The number of hydrogen-bond acceptors (Lipinski definition) is 3. The van der Waals surface area contributed by atoms with Crippen LogP contribution in [0.5, 0.6) is 0 Å². The quantitative estimate of drug-likeness (QED) is 0.865. The van der Waals surface area contributed by atoms with E-state index in [1.165, 1.54) is 12.3 Å². The van der Waals surface area contributed by atoms with Gasteiger partial charge in [0.05, 0.1) is 18.2 Å². The molecule has 14 heavy (non-hydrogen) atoms. The lowest BCUT2D eigenvalue weighted by molar-refractivity contribution is -0.137. The van der Waals surface area contributed by atoms with E-state index in [9.17, 15) is 9.18 Å². The van der Waals surface area contributed by atoms with Crippen LogP contribution in [-0.4, -0.2) is 16.1 Å². The highest BCUT2D eigenvalue weighted by atomic mass is 79.9. The first-order valence-corrected chi connectivity index (χ1v) is 4.58. The van der Waals surface area contributed by atoms with Crippen LogP contribution in [0.1, 0.15) is 18.2 Å². The molecule has 0 bridgehead atoms. The van der Waals surface area contributed by atoms with Crippen molar-refractivity contribution >= 4 is 21.9 Å². The maximum atomic E-state index is 13.2. The Bertz CT molecular complexity index is 359. The summed E-state index contributed by atoms with van der Waals surface area (Å²) in [5.74, 6) is -1.69. The number of aliphatic carboxylic acids is 1. The van der Waals surface area contributed by atoms with Crippen LogP contribution in [0.4, 0.5) is 4.39 Å². The lowest BCUT2D eigenvalue weighted by Gasteiger charge is -2.08. The van der Waals surface area contributed by atoms with E-state index >= 15 is 0 Å². The molecule has 0 aliphatic heterocycles. The molecule has 1 aromatic rings. The van der Waals surface area contributed by atoms with Crippen molar-refractivity contribution in [2.45, 2.75) is 12.5 Å². The van der Waals surface area contributed by atoms with Crippen molar-refractivity contribution in [2.24, 2.45) is 5.73 Å². The maximum Gasteiger partial charge on any atom is 0.305 e. The Kier molecular flexibility index (Phi) is 3.54. The Balaban J connectivity index is 2.90. The van der Waals surface area contributed by atoms with Gasteiger partial charge in [-0.05, 0) is 22.0 Å². The zero-order chi connectivity index (χ0) is 10.7. The van der Waals surface area contributed by atoms with Crippen LogP contribution in [0.25, 0.3) is 0 Å². The van der Waals surface area contributed by atoms with E-state index in [-0.39, 0.29) is 12.1 Å². The summed E-state index contributed by atoms with van der Waals surface area (Å²) in [7, 11) is 0. The minimum Gasteiger partial charge on any atom is -0.481 e. The molecule has 1 aromatic heterocycles. The Morgan fingerprint density at radius 2 is 2.43 bits per heavy atom. The number of halogens is 2. The molecular formula is C8H8BrFN2O2. The largest absolute Gasteiger partial charge is 0.481 e. The first-order chi connectivity index (χ1) is 6.50. The van der Waals surface area contributed by atoms with E-state index in [4.69, 9.17) is 10.8 Å². The van der Waals surface area contributed by atoms with Crippen LogP contribution in [0, 0.1) is 5.82 Å². The van der Waals surface area contributed by atoms with Crippen LogP contribution in [0.2, 0.25) is 0 Å². The van der Waals surface area contributed by atoms with Gasteiger partial charge in [0, 0.05) is 10.7 Å². The summed E-state index contributed by atoms with van der Waals surface area (Å²) in [5.41, 5.74) is 5.42. The highest BCUT2D eigenvalue weighted by Crippen LogP contribution is 2.18. The van der Waals surface area contributed by atoms with E-state index in [1.54, 1.807) is 0 Å². The molecule has 1 heterocycles. The summed E-state index contributed by atoms with van der Waals surface area (Å²) in [6.07, 6.45) is 1.03. The van der Waals surface area contributed by atoms with E-state index in [2.05, 4.69) is 20.9 Å². The Hall–Kier alpha value is -1.01. The van der Waals surface area contributed by atoms with Gasteiger partial charge >= 0.3 is 5.97 Å². The number of aromatic nitrogens is 1. The number of carboxylic acid groups (broad SMARTS) is 1. The topological polar surface area (TPSA) is 76.2 Å². The van der Waals surface area contributed by atoms with Gasteiger partial charge in [-0.1, -0.05) is 0 Å². The summed E-state index contributed by atoms with van der Waals surface area (Å²) in [5, 5.41) is 8.45. The third-order valence-electron chi connectivity index (χ3n) is 1.58. The average Bonchev–Trinajstić information content (AvgIpc) is 2.01. The molecule has 0 spiro atoms. The molecule has 4 nitrogen and oxygen atoms in total. The number of nitrogens with two attached hydrogens (primary N) is 1. The fraction of sp³-hybridized carbons (Fsp3) is 0.250. The van der Waals surface area contributed by atoms with Gasteiger partial charge in [0.15, 0.2) is 0 Å². The molecule has 0 unspecified atom stereocenters.